The minimum atomic E-state index is -4.10. The first-order chi connectivity index (χ1) is 9.35. The van der Waals surface area contributed by atoms with Gasteiger partial charge in [0.05, 0.1) is 0 Å². The van der Waals surface area contributed by atoms with E-state index < -0.39 is 5.51 Å². The van der Waals surface area contributed by atoms with Crippen LogP contribution in [0.4, 0.5) is 13.2 Å². The number of alkyl halides is 3. The zero-order valence-corrected chi connectivity index (χ0v) is 13.1. The van der Waals surface area contributed by atoms with Gasteiger partial charge in [0, 0.05) is 37.5 Å². The molecule has 1 aliphatic carbocycles. The predicted octanol–water partition coefficient (Wildman–Crippen LogP) is 3.34. The first-order valence-electron chi connectivity index (χ1n) is 7.53. The second-order valence-corrected chi connectivity index (χ2v) is 7.59. The molecule has 2 unspecified atom stereocenters. The Labute approximate surface area is 123 Å². The molecule has 0 radical (unpaired) electrons. The second-order valence-electron chi connectivity index (χ2n) is 6.43. The van der Waals surface area contributed by atoms with Gasteiger partial charge in [-0.25, -0.2) is 0 Å². The maximum Gasteiger partial charge on any atom is 0.441 e. The highest BCUT2D eigenvalue weighted by Crippen LogP contribution is 2.37. The van der Waals surface area contributed by atoms with Crippen molar-refractivity contribution in [1.29, 1.82) is 0 Å². The van der Waals surface area contributed by atoms with Crippen molar-refractivity contribution >= 4 is 11.8 Å². The number of hydrogen-bond acceptors (Lipinski definition) is 3. The van der Waals surface area contributed by atoms with Gasteiger partial charge in [0.2, 0.25) is 0 Å². The minimum absolute atomic E-state index is 0.114. The fourth-order valence-electron chi connectivity index (χ4n) is 3.11. The molecule has 0 spiro atoms. The standard InChI is InChI=1S/C14H25F3N2S/c1-10(2)7-12-9-19(5-6-20-14(15,16)17)13(8-18-12)11-3-4-11/h10-13,18H,3-9H2,1-2H3. The fourth-order valence-corrected chi connectivity index (χ4v) is 3.67. The van der Waals surface area contributed by atoms with Gasteiger partial charge in [-0.15, -0.1) is 0 Å². The summed E-state index contributed by atoms with van der Waals surface area (Å²) in [6.45, 7) is 6.79. The molecule has 118 valence electrons. The van der Waals surface area contributed by atoms with Crippen LogP contribution in [-0.4, -0.2) is 47.9 Å². The molecule has 2 nitrogen and oxygen atoms in total. The Hall–Kier alpha value is 0.0600. The molecule has 2 fully saturated rings. The van der Waals surface area contributed by atoms with Gasteiger partial charge >= 0.3 is 5.51 Å². The first-order valence-corrected chi connectivity index (χ1v) is 8.52. The molecule has 0 aromatic heterocycles. The topological polar surface area (TPSA) is 15.3 Å². The maximum absolute atomic E-state index is 12.3. The average molecular weight is 310 g/mol. The van der Waals surface area contributed by atoms with Crippen LogP contribution < -0.4 is 5.32 Å². The van der Waals surface area contributed by atoms with E-state index in [2.05, 4.69) is 24.1 Å². The molecule has 20 heavy (non-hydrogen) atoms. The number of hydrogen-bond donors (Lipinski definition) is 1. The van der Waals surface area contributed by atoms with Crippen molar-refractivity contribution in [3.8, 4) is 0 Å². The van der Waals surface area contributed by atoms with E-state index in [-0.39, 0.29) is 17.5 Å². The van der Waals surface area contributed by atoms with Crippen molar-refractivity contribution in [3.05, 3.63) is 0 Å². The lowest BCUT2D eigenvalue weighted by Crippen LogP contribution is -2.58. The Morgan fingerprint density at radius 3 is 2.55 bits per heavy atom. The summed E-state index contributed by atoms with van der Waals surface area (Å²) in [6.07, 6.45) is 3.58. The van der Waals surface area contributed by atoms with Crippen molar-refractivity contribution in [3.63, 3.8) is 0 Å². The summed E-state index contributed by atoms with van der Waals surface area (Å²) in [6, 6.07) is 0.883. The Morgan fingerprint density at radius 1 is 1.30 bits per heavy atom. The van der Waals surface area contributed by atoms with Crippen molar-refractivity contribution < 1.29 is 13.2 Å². The predicted molar refractivity (Wildman–Crippen MR) is 77.8 cm³/mol. The SMILES string of the molecule is CC(C)CC1CN(CCSC(F)(F)F)C(C2CC2)CN1. The van der Waals surface area contributed by atoms with Crippen molar-refractivity contribution in [2.45, 2.75) is 50.7 Å². The summed E-state index contributed by atoms with van der Waals surface area (Å²) in [7, 11) is 0. The zero-order chi connectivity index (χ0) is 14.8. The Kier molecular flexibility index (Phi) is 5.65. The van der Waals surface area contributed by atoms with Gasteiger partial charge in [0.25, 0.3) is 0 Å². The molecule has 1 heterocycles. The van der Waals surface area contributed by atoms with Crippen molar-refractivity contribution in [2.75, 3.05) is 25.4 Å². The molecule has 1 aliphatic heterocycles. The van der Waals surface area contributed by atoms with Crippen LogP contribution in [0.25, 0.3) is 0 Å². The molecule has 6 heteroatoms. The van der Waals surface area contributed by atoms with E-state index in [1.54, 1.807) is 0 Å². The highest BCUT2D eigenvalue weighted by Gasteiger charge is 2.39. The molecule has 0 bridgehead atoms. The van der Waals surface area contributed by atoms with Gasteiger partial charge in [-0.05, 0) is 42.9 Å². The Bertz CT molecular complexity index is 305. The fraction of sp³-hybridized carbons (Fsp3) is 1.00. The lowest BCUT2D eigenvalue weighted by Gasteiger charge is -2.41. The highest BCUT2D eigenvalue weighted by molar-refractivity contribution is 8.00. The molecular weight excluding hydrogens is 285 g/mol. The number of nitrogens with zero attached hydrogens (tertiary/aromatic N) is 1. The van der Waals surface area contributed by atoms with Crippen LogP contribution in [-0.2, 0) is 0 Å². The van der Waals surface area contributed by atoms with E-state index in [4.69, 9.17) is 0 Å². The average Bonchev–Trinajstić information content (AvgIpc) is 3.10. The molecule has 0 aromatic rings. The number of rotatable bonds is 6. The summed E-state index contributed by atoms with van der Waals surface area (Å²) in [5, 5.41) is 3.59. The highest BCUT2D eigenvalue weighted by atomic mass is 32.2. The van der Waals surface area contributed by atoms with E-state index in [1.807, 2.05) is 0 Å². The lowest BCUT2D eigenvalue weighted by atomic mass is 9.98. The van der Waals surface area contributed by atoms with Crippen LogP contribution >= 0.6 is 11.8 Å². The molecule has 1 saturated carbocycles. The van der Waals surface area contributed by atoms with E-state index in [1.165, 1.54) is 12.8 Å². The van der Waals surface area contributed by atoms with Crippen LogP contribution in [0.2, 0.25) is 0 Å². The molecule has 2 atom stereocenters. The molecular formula is C14H25F3N2S. The number of piperazine rings is 1. The normalized spacial score (nSPS) is 29.1. The number of halogens is 3. The maximum atomic E-state index is 12.3. The van der Waals surface area contributed by atoms with Gasteiger partial charge in [-0.2, -0.15) is 13.2 Å². The Balaban J connectivity index is 1.82. The smallest absolute Gasteiger partial charge is 0.311 e. The molecule has 0 amide bonds. The molecule has 2 rings (SSSR count). The van der Waals surface area contributed by atoms with Gasteiger partial charge in [0.15, 0.2) is 0 Å². The zero-order valence-electron chi connectivity index (χ0n) is 12.2. The third kappa shape index (κ3) is 5.45. The summed E-state index contributed by atoms with van der Waals surface area (Å²) < 4.78 is 36.8. The number of thioether (sulfide) groups is 1. The van der Waals surface area contributed by atoms with E-state index >= 15 is 0 Å². The van der Waals surface area contributed by atoms with Crippen LogP contribution in [0.1, 0.15) is 33.1 Å². The summed E-state index contributed by atoms with van der Waals surface area (Å²) in [4.78, 5) is 2.31. The van der Waals surface area contributed by atoms with E-state index in [9.17, 15) is 13.2 Å². The van der Waals surface area contributed by atoms with Gasteiger partial charge in [-0.3, -0.25) is 4.90 Å². The quantitative estimate of drug-likeness (QED) is 0.810. The lowest BCUT2D eigenvalue weighted by molar-refractivity contribution is -0.0329. The van der Waals surface area contributed by atoms with E-state index in [0.717, 1.165) is 19.5 Å². The summed E-state index contributed by atoms with van der Waals surface area (Å²) in [5.41, 5.74) is -4.10. The van der Waals surface area contributed by atoms with Crippen LogP contribution in [0.3, 0.4) is 0 Å². The van der Waals surface area contributed by atoms with Crippen molar-refractivity contribution in [1.82, 2.24) is 10.2 Å². The minimum Gasteiger partial charge on any atom is -0.311 e. The summed E-state index contributed by atoms with van der Waals surface area (Å²) in [5.74, 6) is 1.48. The second kappa shape index (κ2) is 6.88. The largest absolute Gasteiger partial charge is 0.441 e. The van der Waals surface area contributed by atoms with Gasteiger partial charge in [-0.1, -0.05) is 13.8 Å². The molecule has 1 saturated heterocycles. The molecule has 0 aromatic carbocycles. The van der Waals surface area contributed by atoms with Crippen LogP contribution in [0.15, 0.2) is 0 Å². The van der Waals surface area contributed by atoms with Crippen LogP contribution in [0, 0.1) is 11.8 Å². The third-order valence-corrected chi connectivity index (χ3v) is 4.82. The van der Waals surface area contributed by atoms with Crippen molar-refractivity contribution in [2.24, 2.45) is 11.8 Å². The van der Waals surface area contributed by atoms with Gasteiger partial charge < -0.3 is 5.32 Å². The first kappa shape index (κ1) is 16.4. The molecule has 1 N–H and O–H groups in total. The van der Waals surface area contributed by atoms with Crippen LogP contribution in [0.5, 0.6) is 0 Å². The third-order valence-electron chi connectivity index (χ3n) is 4.11. The van der Waals surface area contributed by atoms with E-state index in [0.29, 0.717) is 30.5 Å². The van der Waals surface area contributed by atoms with Gasteiger partial charge in [0.1, 0.15) is 0 Å². The Morgan fingerprint density at radius 2 is 2.00 bits per heavy atom. The number of nitrogens with one attached hydrogen (secondary N) is 1. The summed E-state index contributed by atoms with van der Waals surface area (Å²) >= 11 is 0.114. The molecule has 2 aliphatic rings. The monoisotopic (exact) mass is 310 g/mol.